The van der Waals surface area contributed by atoms with E-state index in [1.807, 2.05) is 0 Å². The normalized spacial score (nSPS) is 11.4. The van der Waals surface area contributed by atoms with Crippen LogP contribution in [-0.2, 0) is 9.97 Å². The van der Waals surface area contributed by atoms with Crippen molar-refractivity contribution in [2.75, 3.05) is 5.32 Å². The summed E-state index contributed by atoms with van der Waals surface area (Å²) in [5.74, 6) is -5.16. The smallest absolute Gasteiger partial charge is 0.416 e. The molecule has 0 unspecified atom stereocenters. The molecule has 5 aromatic rings. The van der Waals surface area contributed by atoms with Crippen molar-refractivity contribution >= 4 is 75.6 Å². The molecule has 0 bridgehead atoms. The lowest BCUT2D eigenvalue weighted by molar-refractivity contribution is -0.137. The van der Waals surface area contributed by atoms with E-state index in [-0.39, 0.29) is 39.4 Å². The quantitative estimate of drug-likeness (QED) is 0.130. The Hall–Kier alpha value is -4.21. The number of carboxylic acids is 1. The highest BCUT2D eigenvalue weighted by Crippen LogP contribution is 2.39. The molecule has 0 radical (unpaired) electrons. The zero-order valence-corrected chi connectivity index (χ0v) is 27.0. The Morgan fingerprint density at radius 2 is 1.65 bits per heavy atom. The lowest BCUT2D eigenvalue weighted by Gasteiger charge is -2.12. The summed E-state index contributed by atoms with van der Waals surface area (Å²) >= 11 is 29.1. The Labute approximate surface area is 291 Å². The number of carboxylic acid groups (broad SMARTS) is 1. The fraction of sp³-hybridized carbons (Fsp3) is 0.0690. The summed E-state index contributed by atoms with van der Waals surface area (Å²) in [6.45, 7) is 0. The lowest BCUT2D eigenvalue weighted by Crippen LogP contribution is -2.14. The predicted octanol–water partition coefficient (Wildman–Crippen LogP) is 9.52. The van der Waals surface area contributed by atoms with Gasteiger partial charge >= 0.3 is 12.1 Å². The van der Waals surface area contributed by atoms with E-state index in [1.54, 1.807) is 0 Å². The SMILES string of the molecule is O=C(Nc1ccc(F)cc1F)c1cccnc1Oc1cccc(C(F)(F)F)c1.O=C(O)c1nc(C(Cl)(Cl)Cl)n(-c2ccc(Cl)cc2Cl)n1. The molecule has 0 aliphatic heterocycles. The summed E-state index contributed by atoms with van der Waals surface area (Å²) in [6, 6.07) is 13.8. The van der Waals surface area contributed by atoms with Gasteiger partial charge in [-0.2, -0.15) is 13.2 Å². The van der Waals surface area contributed by atoms with Crippen molar-refractivity contribution in [2.45, 2.75) is 9.97 Å². The number of nitrogens with zero attached hydrogens (tertiary/aromatic N) is 4. The average molecular weight is 770 g/mol. The molecule has 2 N–H and O–H groups in total. The van der Waals surface area contributed by atoms with Gasteiger partial charge in [0.25, 0.3) is 11.7 Å². The second kappa shape index (κ2) is 14.9. The van der Waals surface area contributed by atoms with Crippen molar-refractivity contribution in [1.82, 2.24) is 19.7 Å². The van der Waals surface area contributed by atoms with Gasteiger partial charge in [-0.05, 0) is 60.7 Å². The fourth-order valence-corrected chi connectivity index (χ4v) is 4.54. The van der Waals surface area contributed by atoms with E-state index < -0.39 is 44.9 Å². The summed E-state index contributed by atoms with van der Waals surface area (Å²) in [4.78, 5) is 30.9. The first-order valence-electron chi connectivity index (χ1n) is 12.7. The maximum atomic E-state index is 13.7. The van der Waals surface area contributed by atoms with E-state index in [9.17, 15) is 31.5 Å². The number of ether oxygens (including phenoxy) is 1. The minimum Gasteiger partial charge on any atom is -0.475 e. The van der Waals surface area contributed by atoms with Crippen LogP contribution in [0.5, 0.6) is 11.6 Å². The molecule has 0 saturated carbocycles. The van der Waals surface area contributed by atoms with Gasteiger partial charge in [0.1, 0.15) is 22.9 Å². The van der Waals surface area contributed by atoms with Crippen molar-refractivity contribution in [3.63, 3.8) is 0 Å². The van der Waals surface area contributed by atoms with Crippen LogP contribution in [-0.4, -0.2) is 36.7 Å². The van der Waals surface area contributed by atoms with Gasteiger partial charge in [0.2, 0.25) is 9.67 Å². The molecule has 2 aromatic heterocycles. The maximum Gasteiger partial charge on any atom is 0.416 e. The van der Waals surface area contributed by atoms with Gasteiger partial charge in [-0.25, -0.2) is 28.2 Å². The summed E-state index contributed by atoms with van der Waals surface area (Å²) in [7, 11) is 0. The number of aromatic nitrogens is 4. The van der Waals surface area contributed by atoms with Crippen LogP contribution in [0.1, 0.15) is 32.4 Å². The Morgan fingerprint density at radius 3 is 2.27 bits per heavy atom. The number of carbonyl (C=O) groups excluding carboxylic acids is 1. The molecule has 0 spiro atoms. The van der Waals surface area contributed by atoms with E-state index in [1.165, 1.54) is 42.6 Å². The number of halogens is 10. The molecule has 250 valence electrons. The minimum absolute atomic E-state index is 0.149. The van der Waals surface area contributed by atoms with Gasteiger partial charge in [0.05, 0.1) is 22.0 Å². The summed E-state index contributed by atoms with van der Waals surface area (Å²) < 4.78 is 69.6. The molecule has 9 nitrogen and oxygen atoms in total. The molecule has 0 atom stereocenters. The van der Waals surface area contributed by atoms with E-state index in [4.69, 9.17) is 67.8 Å². The number of rotatable bonds is 6. The topological polar surface area (TPSA) is 119 Å². The lowest BCUT2D eigenvalue weighted by atomic mass is 10.2. The highest BCUT2D eigenvalue weighted by atomic mass is 35.6. The zero-order valence-electron chi connectivity index (χ0n) is 23.2. The number of aromatic carboxylic acids is 1. The molecule has 2 heterocycles. The van der Waals surface area contributed by atoms with Gasteiger partial charge < -0.3 is 15.2 Å². The number of anilines is 1. The molecule has 0 fully saturated rings. The first-order valence-corrected chi connectivity index (χ1v) is 14.6. The van der Waals surface area contributed by atoms with Crippen LogP contribution < -0.4 is 10.1 Å². The molecule has 0 aliphatic carbocycles. The van der Waals surface area contributed by atoms with Gasteiger partial charge in [-0.3, -0.25) is 4.79 Å². The molecule has 48 heavy (non-hydrogen) atoms. The second-order valence-corrected chi connectivity index (χ2v) is 12.3. The number of nitrogens with one attached hydrogen (secondary N) is 1. The third-order valence-corrected chi connectivity index (χ3v) is 6.81. The standard InChI is InChI=1S/C19H11F5N2O2.C10H4Cl5N3O2/c20-12-6-7-16(15(21)10-12)26-17(27)14-5-2-8-25-18(14)28-13-4-1-3-11(9-13)19(22,23)24;11-4-1-2-6(5(12)3-4)18-9(10(13,14)15)16-7(17-18)8(19)20/h1-10H,(H,26,27);1-3H,(H,19,20). The Bertz CT molecular complexity index is 1990. The molecule has 3 aromatic carbocycles. The Kier molecular flexibility index (Phi) is 11.4. The molecular formula is C29H15Cl5F5N5O4. The molecule has 0 aliphatic rings. The number of hydrogen-bond donors (Lipinski definition) is 2. The van der Waals surface area contributed by atoms with Crippen LogP contribution >= 0.6 is 58.0 Å². The second-order valence-electron chi connectivity index (χ2n) is 9.13. The fourth-order valence-electron chi connectivity index (χ4n) is 3.68. The average Bonchev–Trinajstić information content (AvgIpc) is 3.46. The summed E-state index contributed by atoms with van der Waals surface area (Å²) in [6.07, 6.45) is -3.29. The van der Waals surface area contributed by atoms with Crippen LogP contribution in [0.15, 0.2) is 79.0 Å². The number of carbonyl (C=O) groups is 2. The number of hydrogen-bond acceptors (Lipinski definition) is 6. The van der Waals surface area contributed by atoms with Gasteiger partial charge in [-0.15, -0.1) is 5.10 Å². The van der Waals surface area contributed by atoms with Crippen molar-refractivity contribution in [3.8, 4) is 17.3 Å². The number of alkyl halides is 6. The third kappa shape index (κ3) is 9.23. The van der Waals surface area contributed by atoms with Gasteiger partial charge in [0, 0.05) is 17.3 Å². The van der Waals surface area contributed by atoms with Crippen LogP contribution in [0.2, 0.25) is 10.0 Å². The first kappa shape index (κ1) is 36.6. The molecule has 19 heteroatoms. The summed E-state index contributed by atoms with van der Waals surface area (Å²) in [5.41, 5.74) is -1.07. The zero-order chi connectivity index (χ0) is 35.4. The number of amides is 1. The van der Waals surface area contributed by atoms with Crippen LogP contribution in [0.4, 0.5) is 27.6 Å². The van der Waals surface area contributed by atoms with Gasteiger partial charge in [-0.1, -0.05) is 64.1 Å². The van der Waals surface area contributed by atoms with E-state index in [2.05, 4.69) is 20.4 Å². The number of pyridine rings is 1. The maximum absolute atomic E-state index is 13.7. The van der Waals surface area contributed by atoms with Crippen molar-refractivity contribution in [2.24, 2.45) is 0 Å². The van der Waals surface area contributed by atoms with E-state index in [0.717, 1.165) is 35.0 Å². The highest BCUT2D eigenvalue weighted by Gasteiger charge is 2.33. The molecule has 5 rings (SSSR count). The molecular weight excluding hydrogens is 755 g/mol. The van der Waals surface area contributed by atoms with Gasteiger partial charge in [0.15, 0.2) is 5.82 Å². The van der Waals surface area contributed by atoms with E-state index >= 15 is 0 Å². The van der Waals surface area contributed by atoms with Crippen LogP contribution in [0, 0.1) is 11.6 Å². The van der Waals surface area contributed by atoms with E-state index in [0.29, 0.717) is 11.1 Å². The number of benzene rings is 3. The van der Waals surface area contributed by atoms with Crippen LogP contribution in [0.25, 0.3) is 5.69 Å². The highest BCUT2D eigenvalue weighted by molar-refractivity contribution is 6.66. The molecule has 1 amide bonds. The van der Waals surface area contributed by atoms with Crippen molar-refractivity contribution < 1.29 is 41.4 Å². The third-order valence-electron chi connectivity index (χ3n) is 5.76. The Morgan fingerprint density at radius 1 is 0.917 bits per heavy atom. The summed E-state index contributed by atoms with van der Waals surface area (Å²) in [5, 5.41) is 15.5. The monoisotopic (exact) mass is 767 g/mol. The van der Waals surface area contributed by atoms with Crippen molar-refractivity contribution in [3.05, 3.63) is 123 Å². The Balaban J connectivity index is 0.000000229. The first-order chi connectivity index (χ1) is 22.4. The molecule has 0 saturated heterocycles. The minimum atomic E-state index is -4.57. The predicted molar refractivity (Wildman–Crippen MR) is 168 cm³/mol. The van der Waals surface area contributed by atoms with Crippen LogP contribution in [0.3, 0.4) is 0 Å². The van der Waals surface area contributed by atoms with Crippen molar-refractivity contribution in [1.29, 1.82) is 0 Å². The largest absolute Gasteiger partial charge is 0.475 e.